The molecule has 5 rings (SSSR count). The smallest absolute Gasteiger partial charge is 0.414 e. The Morgan fingerprint density at radius 1 is 1.26 bits per heavy atom. The summed E-state index contributed by atoms with van der Waals surface area (Å²) in [5.41, 5.74) is 1.19. The van der Waals surface area contributed by atoms with Gasteiger partial charge >= 0.3 is 12.2 Å². The molecule has 1 aromatic carbocycles. The first kappa shape index (κ1) is 23.2. The van der Waals surface area contributed by atoms with E-state index in [1.807, 2.05) is 26.8 Å². The molecule has 35 heavy (non-hydrogen) atoms. The summed E-state index contributed by atoms with van der Waals surface area (Å²) < 4.78 is 36.3. The molecule has 3 aliphatic heterocycles. The van der Waals surface area contributed by atoms with Gasteiger partial charge in [-0.25, -0.2) is 14.0 Å². The van der Waals surface area contributed by atoms with Crippen molar-refractivity contribution in [2.75, 3.05) is 18.1 Å². The summed E-state index contributed by atoms with van der Waals surface area (Å²) in [7, 11) is 0. The van der Waals surface area contributed by atoms with Crippen molar-refractivity contribution in [1.82, 2.24) is 10.1 Å². The van der Waals surface area contributed by atoms with Crippen LogP contribution in [0.5, 0.6) is 5.88 Å². The van der Waals surface area contributed by atoms with Crippen LogP contribution in [0.25, 0.3) is 5.57 Å². The minimum Gasteiger partial charge on any atom is -0.471 e. The zero-order valence-corrected chi connectivity index (χ0v) is 19.9. The summed E-state index contributed by atoms with van der Waals surface area (Å²) in [6.07, 6.45) is 4.17. The van der Waals surface area contributed by atoms with Gasteiger partial charge in [0.05, 0.1) is 18.3 Å². The maximum Gasteiger partial charge on any atom is 0.414 e. The number of cyclic esters (lactones) is 1. The van der Waals surface area contributed by atoms with E-state index in [1.54, 1.807) is 23.1 Å². The molecule has 2 amide bonds. The van der Waals surface area contributed by atoms with Crippen molar-refractivity contribution in [3.05, 3.63) is 48.0 Å². The maximum absolute atomic E-state index is 15.2. The second kappa shape index (κ2) is 8.90. The van der Waals surface area contributed by atoms with Gasteiger partial charge in [-0.05, 0) is 69.0 Å². The van der Waals surface area contributed by atoms with Gasteiger partial charge in [0.25, 0.3) is 5.88 Å². The topological polar surface area (TPSA) is 94.3 Å². The monoisotopic (exact) mass is 485 g/mol. The van der Waals surface area contributed by atoms with Gasteiger partial charge in [0.2, 0.25) is 0 Å². The number of carbonyl (C=O) groups is 2. The lowest BCUT2D eigenvalue weighted by Crippen LogP contribution is -2.45. The molecule has 3 atom stereocenters. The number of benzene rings is 1. The van der Waals surface area contributed by atoms with Crippen LogP contribution in [0.2, 0.25) is 0 Å². The number of ether oxygens (including phenoxy) is 3. The van der Waals surface area contributed by atoms with Crippen LogP contribution >= 0.6 is 0 Å². The highest BCUT2D eigenvalue weighted by atomic mass is 19.1. The van der Waals surface area contributed by atoms with Crippen molar-refractivity contribution >= 4 is 23.4 Å². The van der Waals surface area contributed by atoms with E-state index in [0.717, 1.165) is 18.4 Å². The van der Waals surface area contributed by atoms with Crippen molar-refractivity contribution in [2.45, 2.75) is 63.8 Å². The number of carbonyl (C=O) groups excluding carboxylic acids is 2. The van der Waals surface area contributed by atoms with Crippen LogP contribution in [0.3, 0.4) is 0 Å². The molecule has 0 aliphatic carbocycles. The van der Waals surface area contributed by atoms with Gasteiger partial charge in [-0.3, -0.25) is 9.80 Å². The van der Waals surface area contributed by atoms with Gasteiger partial charge in [-0.1, -0.05) is 6.08 Å². The summed E-state index contributed by atoms with van der Waals surface area (Å²) in [4.78, 5) is 28.2. The Morgan fingerprint density at radius 3 is 2.77 bits per heavy atom. The van der Waals surface area contributed by atoms with E-state index in [1.165, 1.54) is 17.2 Å². The Balaban J connectivity index is 1.27. The van der Waals surface area contributed by atoms with Crippen molar-refractivity contribution in [3.63, 3.8) is 0 Å². The van der Waals surface area contributed by atoms with Crippen LogP contribution in [0, 0.1) is 5.82 Å². The van der Waals surface area contributed by atoms with Crippen LogP contribution in [-0.4, -0.2) is 59.2 Å². The minimum absolute atomic E-state index is 0.0204. The lowest BCUT2D eigenvalue weighted by molar-refractivity contribution is 0.0175. The van der Waals surface area contributed by atoms with Crippen LogP contribution in [-0.2, 0) is 9.47 Å². The largest absolute Gasteiger partial charge is 0.471 e. The second-order valence-electron chi connectivity index (χ2n) is 10.0. The quantitative estimate of drug-likeness (QED) is 0.602. The molecule has 10 heteroatoms. The third-order valence-electron chi connectivity index (χ3n) is 6.32. The van der Waals surface area contributed by atoms with E-state index in [-0.39, 0.29) is 31.3 Å². The Morgan fingerprint density at radius 2 is 2.09 bits per heavy atom. The number of amides is 2. The number of halogens is 1. The van der Waals surface area contributed by atoms with E-state index in [9.17, 15) is 9.59 Å². The Labute approximate surface area is 202 Å². The molecule has 2 fully saturated rings. The van der Waals surface area contributed by atoms with Gasteiger partial charge in [0.1, 0.15) is 24.3 Å². The molecule has 3 unspecified atom stereocenters. The summed E-state index contributed by atoms with van der Waals surface area (Å²) in [6.45, 7) is 5.87. The first-order chi connectivity index (χ1) is 16.7. The molecule has 0 spiro atoms. The molecule has 2 aromatic rings. The van der Waals surface area contributed by atoms with Gasteiger partial charge in [0.15, 0.2) is 6.10 Å². The van der Waals surface area contributed by atoms with Crippen LogP contribution < -0.4 is 9.64 Å². The third-order valence-corrected chi connectivity index (χ3v) is 6.32. The fourth-order valence-corrected chi connectivity index (χ4v) is 4.83. The highest BCUT2D eigenvalue weighted by Gasteiger charge is 2.42. The summed E-state index contributed by atoms with van der Waals surface area (Å²) >= 11 is 0. The highest BCUT2D eigenvalue weighted by molar-refractivity contribution is 5.90. The van der Waals surface area contributed by atoms with E-state index >= 15 is 4.39 Å². The van der Waals surface area contributed by atoms with Crippen molar-refractivity contribution in [1.29, 1.82) is 0 Å². The average molecular weight is 486 g/mol. The Kier molecular flexibility index (Phi) is 5.90. The van der Waals surface area contributed by atoms with Crippen molar-refractivity contribution in [3.8, 4) is 5.88 Å². The summed E-state index contributed by atoms with van der Waals surface area (Å²) in [5.74, 6) is -0.121. The minimum atomic E-state index is -0.569. The predicted molar refractivity (Wildman–Crippen MR) is 123 cm³/mol. The van der Waals surface area contributed by atoms with Crippen molar-refractivity contribution < 1.29 is 32.7 Å². The molecule has 1 aromatic heterocycles. The van der Waals surface area contributed by atoms with E-state index in [2.05, 4.69) is 5.16 Å². The lowest BCUT2D eigenvalue weighted by Gasteiger charge is -2.35. The summed E-state index contributed by atoms with van der Waals surface area (Å²) in [6, 6.07) is 6.17. The zero-order valence-electron chi connectivity index (χ0n) is 19.9. The maximum atomic E-state index is 15.2. The number of nitrogens with zero attached hydrogens (tertiary/aromatic N) is 3. The van der Waals surface area contributed by atoms with Gasteiger partial charge in [-0.2, -0.15) is 0 Å². The zero-order chi connectivity index (χ0) is 24.7. The SMILES string of the molecule is CC(C)(C)OC(=O)N1C2C=C(c3ccc(N4CC(COc5ccon5)OC4=O)cc3F)CC1CC2. The number of rotatable bonds is 5. The van der Waals surface area contributed by atoms with Gasteiger partial charge in [0, 0.05) is 17.7 Å². The molecule has 3 aliphatic rings. The second-order valence-corrected chi connectivity index (χ2v) is 10.0. The number of aromatic nitrogens is 1. The Hall–Kier alpha value is -3.56. The average Bonchev–Trinajstić information content (AvgIpc) is 3.49. The third kappa shape index (κ3) is 4.82. The summed E-state index contributed by atoms with van der Waals surface area (Å²) in [5, 5.41) is 3.65. The van der Waals surface area contributed by atoms with Crippen LogP contribution in [0.4, 0.5) is 19.7 Å². The lowest BCUT2D eigenvalue weighted by atomic mass is 9.94. The standard InChI is InChI=1S/C25H28FN3O6/c1-25(2,3)35-24(31)29-17-4-5-18(29)11-15(10-17)20-7-6-16(12-21(20)26)28-13-19(34-23(28)30)14-32-22-8-9-33-27-22/h6-10,12,17-19H,4-5,11,13-14H2,1-3H3. The molecule has 0 saturated carbocycles. The molecule has 4 heterocycles. The molecule has 2 saturated heterocycles. The normalized spacial score (nSPS) is 23.8. The molecular weight excluding hydrogens is 457 g/mol. The molecule has 0 N–H and O–H groups in total. The number of fused-ring (bicyclic) bond motifs is 2. The fourth-order valence-electron chi connectivity index (χ4n) is 4.83. The van der Waals surface area contributed by atoms with Crippen molar-refractivity contribution in [2.24, 2.45) is 0 Å². The molecule has 9 nitrogen and oxygen atoms in total. The van der Waals surface area contributed by atoms with E-state index < -0.39 is 23.6 Å². The fraction of sp³-hybridized carbons (Fsp3) is 0.480. The van der Waals surface area contributed by atoms with Gasteiger partial charge in [-0.15, -0.1) is 0 Å². The molecular formula is C25H28FN3O6. The molecule has 186 valence electrons. The number of anilines is 1. The van der Waals surface area contributed by atoms with E-state index in [0.29, 0.717) is 23.6 Å². The predicted octanol–water partition coefficient (Wildman–Crippen LogP) is 4.77. The van der Waals surface area contributed by atoms with E-state index in [4.69, 9.17) is 18.7 Å². The Bertz CT molecular complexity index is 1140. The van der Waals surface area contributed by atoms with Gasteiger partial charge < -0.3 is 18.7 Å². The van der Waals surface area contributed by atoms with Crippen LogP contribution in [0.15, 0.2) is 41.1 Å². The number of hydrogen-bond acceptors (Lipinski definition) is 7. The molecule has 0 radical (unpaired) electrons. The van der Waals surface area contributed by atoms with Crippen LogP contribution in [0.1, 0.15) is 45.6 Å². The first-order valence-electron chi connectivity index (χ1n) is 11.7. The first-order valence-corrected chi connectivity index (χ1v) is 11.7. The number of hydrogen-bond donors (Lipinski definition) is 0. The highest BCUT2D eigenvalue weighted by Crippen LogP contribution is 2.40. The molecule has 2 bridgehead atoms.